The standard InChI is InChI=1S/C27H30BrN5O/c1-18-4-9-23(19(2)29-18)20-5-7-22(8-6-20)30-27(34)33-11-10-21-16-24(28)26(17-25(21)33)32-14-12-31(3)13-15-32/h4-9,16-17H,10-15H2,1-3H3,(H,30,34). The van der Waals surface area contributed by atoms with Gasteiger partial charge in [-0.2, -0.15) is 0 Å². The number of aromatic nitrogens is 1. The molecule has 3 aromatic rings. The molecule has 0 atom stereocenters. The summed E-state index contributed by atoms with van der Waals surface area (Å²) in [4.78, 5) is 24.4. The summed E-state index contributed by atoms with van der Waals surface area (Å²) in [6.45, 7) is 8.77. The number of hydrogen-bond acceptors (Lipinski definition) is 4. The van der Waals surface area contributed by atoms with Gasteiger partial charge in [0.1, 0.15) is 0 Å². The number of carbonyl (C=O) groups is 1. The van der Waals surface area contributed by atoms with Gasteiger partial charge in [0.15, 0.2) is 0 Å². The molecule has 0 spiro atoms. The van der Waals surface area contributed by atoms with E-state index in [9.17, 15) is 4.79 Å². The molecular formula is C27H30BrN5O. The van der Waals surface area contributed by atoms with Crippen LogP contribution >= 0.6 is 15.9 Å². The van der Waals surface area contributed by atoms with E-state index < -0.39 is 0 Å². The van der Waals surface area contributed by atoms with Gasteiger partial charge in [-0.25, -0.2) is 4.79 Å². The summed E-state index contributed by atoms with van der Waals surface area (Å²) < 4.78 is 1.11. The molecule has 1 saturated heterocycles. The first-order valence-electron chi connectivity index (χ1n) is 11.8. The average molecular weight is 520 g/mol. The van der Waals surface area contributed by atoms with Crippen LogP contribution in [0.25, 0.3) is 11.1 Å². The van der Waals surface area contributed by atoms with Crippen LogP contribution in [0.5, 0.6) is 0 Å². The zero-order valence-electron chi connectivity index (χ0n) is 19.9. The molecule has 0 radical (unpaired) electrons. The fraction of sp³-hybridized carbons (Fsp3) is 0.333. The molecule has 3 heterocycles. The number of fused-ring (bicyclic) bond motifs is 1. The number of halogens is 1. The van der Waals surface area contributed by atoms with Crippen LogP contribution in [0.15, 0.2) is 53.0 Å². The molecule has 0 aliphatic carbocycles. The van der Waals surface area contributed by atoms with Crippen molar-refractivity contribution < 1.29 is 4.79 Å². The Labute approximate surface area is 209 Å². The van der Waals surface area contributed by atoms with E-state index >= 15 is 0 Å². The van der Waals surface area contributed by atoms with Crippen LogP contribution in [0.3, 0.4) is 0 Å². The van der Waals surface area contributed by atoms with Gasteiger partial charge in [-0.15, -0.1) is 0 Å². The predicted octanol–water partition coefficient (Wildman–Crippen LogP) is 5.47. The lowest BCUT2D eigenvalue weighted by atomic mass is 10.0. The largest absolute Gasteiger partial charge is 0.368 e. The molecule has 176 valence electrons. The highest BCUT2D eigenvalue weighted by molar-refractivity contribution is 9.10. The second kappa shape index (κ2) is 9.39. The number of carbonyl (C=O) groups excluding carboxylic acids is 1. The van der Waals surface area contributed by atoms with Gasteiger partial charge in [0.2, 0.25) is 0 Å². The number of benzene rings is 2. The van der Waals surface area contributed by atoms with Gasteiger partial charge in [0, 0.05) is 59.8 Å². The number of nitrogens with one attached hydrogen (secondary N) is 1. The van der Waals surface area contributed by atoms with Crippen molar-refractivity contribution in [2.45, 2.75) is 20.3 Å². The number of anilines is 3. The minimum Gasteiger partial charge on any atom is -0.368 e. The summed E-state index contributed by atoms with van der Waals surface area (Å²) in [7, 11) is 2.16. The van der Waals surface area contributed by atoms with E-state index in [1.807, 2.05) is 49.1 Å². The van der Waals surface area contributed by atoms with Crippen LogP contribution in [0, 0.1) is 13.8 Å². The van der Waals surface area contributed by atoms with Crippen molar-refractivity contribution in [1.82, 2.24) is 9.88 Å². The van der Waals surface area contributed by atoms with E-state index in [0.717, 1.165) is 76.6 Å². The van der Waals surface area contributed by atoms with Crippen molar-refractivity contribution in [3.63, 3.8) is 0 Å². The highest BCUT2D eigenvalue weighted by Gasteiger charge is 2.28. The molecule has 2 amide bonds. The van der Waals surface area contributed by atoms with Gasteiger partial charge in [-0.1, -0.05) is 18.2 Å². The van der Waals surface area contributed by atoms with Crippen LogP contribution in [0.2, 0.25) is 0 Å². The number of hydrogen-bond donors (Lipinski definition) is 1. The lowest BCUT2D eigenvalue weighted by Crippen LogP contribution is -2.44. The van der Waals surface area contributed by atoms with E-state index in [1.165, 1.54) is 5.56 Å². The summed E-state index contributed by atoms with van der Waals surface area (Å²) in [6.07, 6.45) is 0.864. The van der Waals surface area contributed by atoms with E-state index in [-0.39, 0.29) is 6.03 Å². The zero-order chi connectivity index (χ0) is 23.8. The molecule has 2 aliphatic rings. The second-order valence-corrected chi connectivity index (χ2v) is 10.1. The average Bonchev–Trinajstić information content (AvgIpc) is 3.23. The van der Waals surface area contributed by atoms with Crippen molar-refractivity contribution in [3.05, 3.63) is 70.0 Å². The molecule has 5 rings (SSSR count). The summed E-state index contributed by atoms with van der Waals surface area (Å²) >= 11 is 3.77. The highest BCUT2D eigenvalue weighted by Crippen LogP contribution is 2.38. The Morgan fingerprint density at radius 1 is 0.941 bits per heavy atom. The summed E-state index contributed by atoms with van der Waals surface area (Å²) in [5.74, 6) is 0. The first-order valence-corrected chi connectivity index (χ1v) is 12.6. The van der Waals surface area contributed by atoms with E-state index in [1.54, 1.807) is 0 Å². The molecule has 0 unspecified atom stereocenters. The highest BCUT2D eigenvalue weighted by atomic mass is 79.9. The van der Waals surface area contributed by atoms with Crippen molar-refractivity contribution in [2.24, 2.45) is 0 Å². The van der Waals surface area contributed by atoms with Crippen molar-refractivity contribution >= 4 is 39.0 Å². The molecule has 1 fully saturated rings. The smallest absolute Gasteiger partial charge is 0.326 e. The van der Waals surface area contributed by atoms with Gasteiger partial charge in [-0.3, -0.25) is 9.88 Å². The third-order valence-corrected chi connectivity index (χ3v) is 7.44. The molecule has 34 heavy (non-hydrogen) atoms. The minimum absolute atomic E-state index is 0.0914. The number of rotatable bonds is 3. The zero-order valence-corrected chi connectivity index (χ0v) is 21.5. The van der Waals surface area contributed by atoms with Crippen molar-refractivity contribution in [1.29, 1.82) is 0 Å². The van der Waals surface area contributed by atoms with Gasteiger partial charge in [-0.05, 0) is 84.7 Å². The van der Waals surface area contributed by atoms with Crippen LogP contribution in [-0.2, 0) is 6.42 Å². The number of pyridine rings is 1. The Balaban J connectivity index is 1.32. The third-order valence-electron chi connectivity index (χ3n) is 6.80. The number of aryl methyl sites for hydroxylation is 2. The Kier molecular flexibility index (Phi) is 6.32. The second-order valence-electron chi connectivity index (χ2n) is 9.22. The fourth-order valence-electron chi connectivity index (χ4n) is 4.81. The van der Waals surface area contributed by atoms with Gasteiger partial charge >= 0.3 is 6.03 Å². The molecule has 1 aromatic heterocycles. The predicted molar refractivity (Wildman–Crippen MR) is 143 cm³/mol. The van der Waals surface area contributed by atoms with Crippen molar-refractivity contribution in [2.75, 3.05) is 54.9 Å². The fourth-order valence-corrected chi connectivity index (χ4v) is 5.45. The van der Waals surface area contributed by atoms with Crippen LogP contribution in [0.1, 0.15) is 17.0 Å². The maximum atomic E-state index is 13.2. The first kappa shape index (κ1) is 22.9. The van der Waals surface area contributed by atoms with Gasteiger partial charge < -0.3 is 15.1 Å². The number of likely N-dealkylation sites (N-methyl/N-ethyl adjacent to an activating group) is 1. The van der Waals surface area contributed by atoms with Gasteiger partial charge in [0.25, 0.3) is 0 Å². The topological polar surface area (TPSA) is 51.7 Å². The number of urea groups is 1. The first-order chi connectivity index (χ1) is 16.4. The maximum Gasteiger partial charge on any atom is 0.326 e. The summed E-state index contributed by atoms with van der Waals surface area (Å²) in [6, 6.07) is 16.4. The molecule has 7 heteroatoms. The Hall–Kier alpha value is -2.90. The van der Waals surface area contributed by atoms with Crippen LogP contribution in [-0.4, -0.2) is 55.7 Å². The summed E-state index contributed by atoms with van der Waals surface area (Å²) in [5.41, 5.74) is 8.39. The number of nitrogens with zero attached hydrogens (tertiary/aromatic N) is 4. The molecule has 2 aromatic carbocycles. The minimum atomic E-state index is -0.0914. The monoisotopic (exact) mass is 519 g/mol. The van der Waals surface area contributed by atoms with Gasteiger partial charge in [0.05, 0.1) is 11.4 Å². The summed E-state index contributed by atoms with van der Waals surface area (Å²) in [5, 5.41) is 3.09. The Morgan fingerprint density at radius 2 is 1.68 bits per heavy atom. The molecule has 0 saturated carbocycles. The number of amides is 2. The van der Waals surface area contributed by atoms with E-state index in [4.69, 9.17) is 0 Å². The van der Waals surface area contributed by atoms with Crippen LogP contribution in [0.4, 0.5) is 21.9 Å². The lowest BCUT2D eigenvalue weighted by Gasteiger charge is -2.35. The Morgan fingerprint density at radius 3 is 2.38 bits per heavy atom. The van der Waals surface area contributed by atoms with Crippen molar-refractivity contribution in [3.8, 4) is 11.1 Å². The normalized spacial score (nSPS) is 16.0. The molecular weight excluding hydrogens is 490 g/mol. The lowest BCUT2D eigenvalue weighted by molar-refractivity contribution is 0.257. The Bertz CT molecular complexity index is 1220. The maximum absolute atomic E-state index is 13.2. The third kappa shape index (κ3) is 4.55. The molecule has 1 N–H and O–H groups in total. The quantitative estimate of drug-likeness (QED) is 0.498. The molecule has 6 nitrogen and oxygen atoms in total. The van der Waals surface area contributed by atoms with E-state index in [0.29, 0.717) is 6.54 Å². The molecule has 2 aliphatic heterocycles. The van der Waals surface area contributed by atoms with Crippen LogP contribution < -0.4 is 15.1 Å². The SMILES string of the molecule is Cc1ccc(-c2ccc(NC(=O)N3CCc4cc(Br)c(N5CCN(C)CC5)cc43)cc2)c(C)n1. The van der Waals surface area contributed by atoms with E-state index in [2.05, 4.69) is 61.3 Å². The number of piperazine rings is 1. The molecule has 0 bridgehead atoms.